The van der Waals surface area contributed by atoms with Gasteiger partial charge in [-0.3, -0.25) is 14.4 Å². The van der Waals surface area contributed by atoms with Gasteiger partial charge in [0, 0.05) is 63.9 Å². The van der Waals surface area contributed by atoms with Crippen molar-refractivity contribution in [1.82, 2.24) is 24.5 Å². The second-order valence-corrected chi connectivity index (χ2v) is 8.10. The first kappa shape index (κ1) is 19.2. The molecule has 0 radical (unpaired) electrons. The van der Waals surface area contributed by atoms with Gasteiger partial charge in [-0.1, -0.05) is 30.3 Å². The number of aryl methyl sites for hydroxylation is 1. The van der Waals surface area contributed by atoms with Crippen LogP contribution in [0.15, 0.2) is 30.3 Å². The first-order valence-electron chi connectivity index (χ1n) is 10.4. The number of aromatic nitrogens is 2. The Bertz CT molecular complexity index is 823. The van der Waals surface area contributed by atoms with E-state index in [4.69, 9.17) is 5.10 Å². The molecule has 0 aliphatic carbocycles. The number of piperazine rings is 1. The molecule has 0 bridgehead atoms. The van der Waals surface area contributed by atoms with Crippen molar-refractivity contribution in [3.8, 4) is 11.3 Å². The Morgan fingerprint density at radius 1 is 0.964 bits per heavy atom. The van der Waals surface area contributed by atoms with Gasteiger partial charge in [0.25, 0.3) is 0 Å². The molecule has 1 fully saturated rings. The zero-order chi connectivity index (χ0) is 19.7. The quantitative estimate of drug-likeness (QED) is 0.811. The second-order valence-electron chi connectivity index (χ2n) is 8.10. The highest BCUT2D eigenvalue weighted by molar-refractivity contribution is 5.81. The molecule has 1 amide bonds. The number of carbonyl (C=O) groups excluding carboxylic acids is 1. The molecule has 1 aromatic heterocycles. The molecule has 28 heavy (non-hydrogen) atoms. The predicted octanol–water partition coefficient (Wildman–Crippen LogP) is 1.65. The zero-order valence-electron chi connectivity index (χ0n) is 17.3. The molecule has 0 spiro atoms. The van der Waals surface area contributed by atoms with Gasteiger partial charge in [-0.15, -0.1) is 0 Å². The minimum absolute atomic E-state index is 0.0428. The first-order chi connectivity index (χ1) is 13.5. The fourth-order valence-corrected chi connectivity index (χ4v) is 4.49. The van der Waals surface area contributed by atoms with E-state index >= 15 is 0 Å². The highest BCUT2D eigenvalue weighted by Gasteiger charge is 2.30. The summed E-state index contributed by atoms with van der Waals surface area (Å²) < 4.78 is 2.00. The van der Waals surface area contributed by atoms with Gasteiger partial charge in [0.15, 0.2) is 0 Å². The van der Waals surface area contributed by atoms with Crippen molar-refractivity contribution in [3.63, 3.8) is 0 Å². The maximum Gasteiger partial charge on any atom is 0.239 e. The monoisotopic (exact) mass is 381 g/mol. The molecule has 6 nitrogen and oxygen atoms in total. The van der Waals surface area contributed by atoms with E-state index < -0.39 is 0 Å². The highest BCUT2D eigenvalue weighted by atomic mass is 16.2. The van der Waals surface area contributed by atoms with Crippen LogP contribution in [-0.4, -0.2) is 82.7 Å². The van der Waals surface area contributed by atoms with Crippen LogP contribution in [0.3, 0.4) is 0 Å². The summed E-state index contributed by atoms with van der Waals surface area (Å²) in [6.45, 7) is 7.61. The minimum Gasteiger partial charge on any atom is -0.341 e. The lowest BCUT2D eigenvalue weighted by molar-refractivity contribution is -0.137. The topological polar surface area (TPSA) is 44.6 Å². The Hall–Kier alpha value is -2.18. The minimum atomic E-state index is -0.0428. The average Bonchev–Trinajstić information content (AvgIpc) is 2.89. The van der Waals surface area contributed by atoms with Gasteiger partial charge in [-0.2, -0.15) is 5.10 Å². The number of carbonyl (C=O) groups is 1. The van der Waals surface area contributed by atoms with Crippen molar-refractivity contribution in [3.05, 3.63) is 41.6 Å². The molecule has 1 unspecified atom stereocenters. The van der Waals surface area contributed by atoms with Crippen molar-refractivity contribution in [2.75, 3.05) is 46.3 Å². The maximum absolute atomic E-state index is 13.2. The molecule has 6 heteroatoms. The number of benzene rings is 1. The lowest BCUT2D eigenvalue weighted by atomic mass is 10.0. The van der Waals surface area contributed by atoms with E-state index in [1.807, 2.05) is 17.8 Å². The molecule has 1 saturated heterocycles. The number of rotatable bonds is 3. The van der Waals surface area contributed by atoms with Gasteiger partial charge in [-0.05, 0) is 20.4 Å². The zero-order valence-corrected chi connectivity index (χ0v) is 17.3. The van der Waals surface area contributed by atoms with E-state index in [9.17, 15) is 4.79 Å². The third-order valence-corrected chi connectivity index (χ3v) is 6.28. The third-order valence-electron chi connectivity index (χ3n) is 6.28. The molecule has 1 aromatic carbocycles. The smallest absolute Gasteiger partial charge is 0.239 e. The molecular formula is C22H31N5O. The Morgan fingerprint density at radius 2 is 1.64 bits per heavy atom. The number of amides is 1. The van der Waals surface area contributed by atoms with Crippen molar-refractivity contribution in [1.29, 1.82) is 0 Å². The number of likely N-dealkylation sites (N-methyl/N-ethyl adjacent to an activating group) is 1. The lowest BCUT2D eigenvalue weighted by Gasteiger charge is -2.37. The first-order valence-corrected chi connectivity index (χ1v) is 10.4. The molecular weight excluding hydrogens is 350 g/mol. The Balaban J connectivity index is 1.48. The molecule has 0 N–H and O–H groups in total. The Morgan fingerprint density at radius 3 is 2.36 bits per heavy atom. The average molecular weight is 382 g/mol. The number of fused-ring (bicyclic) bond motifs is 1. The normalized spacial score (nSPS) is 19.9. The van der Waals surface area contributed by atoms with E-state index in [2.05, 4.69) is 52.9 Å². The molecule has 2 aromatic rings. The second kappa shape index (κ2) is 8.05. The highest BCUT2D eigenvalue weighted by Crippen LogP contribution is 2.28. The van der Waals surface area contributed by atoms with E-state index in [1.54, 1.807) is 0 Å². The Labute approximate surface area is 167 Å². The van der Waals surface area contributed by atoms with Gasteiger partial charge in [-0.25, -0.2) is 0 Å². The van der Waals surface area contributed by atoms with Crippen LogP contribution in [0.5, 0.6) is 0 Å². The molecule has 1 atom stereocenters. The summed E-state index contributed by atoms with van der Waals surface area (Å²) in [4.78, 5) is 19.9. The van der Waals surface area contributed by atoms with Crippen molar-refractivity contribution >= 4 is 5.91 Å². The van der Waals surface area contributed by atoms with Crippen LogP contribution in [0.1, 0.15) is 18.2 Å². The van der Waals surface area contributed by atoms with E-state index in [0.717, 1.165) is 57.8 Å². The van der Waals surface area contributed by atoms with Crippen molar-refractivity contribution in [2.45, 2.75) is 25.8 Å². The summed E-state index contributed by atoms with van der Waals surface area (Å²) in [6, 6.07) is 10.4. The molecule has 2 aliphatic heterocycles. The summed E-state index contributed by atoms with van der Waals surface area (Å²) >= 11 is 0. The number of nitrogens with zero attached hydrogens (tertiary/aromatic N) is 5. The summed E-state index contributed by atoms with van der Waals surface area (Å²) in [5, 5.41) is 4.79. The van der Waals surface area contributed by atoms with Crippen LogP contribution in [0.4, 0.5) is 0 Å². The standard InChI is InChI=1S/C22H31N5O/c1-17(26-15-13-24(2)14-16-26)22(28)27-11-9-19-20(10-12-27)23-25(3)21(19)18-7-5-4-6-8-18/h4-8,17H,9-16H2,1-3H3. The van der Waals surface area contributed by atoms with E-state index in [-0.39, 0.29) is 11.9 Å². The maximum atomic E-state index is 13.2. The van der Waals surface area contributed by atoms with Gasteiger partial charge in [0.2, 0.25) is 5.91 Å². The summed E-state index contributed by atoms with van der Waals surface area (Å²) in [5.41, 5.74) is 4.83. The number of hydrogen-bond donors (Lipinski definition) is 0. The van der Waals surface area contributed by atoms with Crippen LogP contribution in [0.25, 0.3) is 11.3 Å². The van der Waals surface area contributed by atoms with Gasteiger partial charge in [0.05, 0.1) is 17.4 Å². The Kier molecular flexibility index (Phi) is 5.51. The predicted molar refractivity (Wildman–Crippen MR) is 111 cm³/mol. The van der Waals surface area contributed by atoms with Crippen LogP contribution >= 0.6 is 0 Å². The SMILES string of the molecule is CC(C(=O)N1CCc2nn(C)c(-c3ccccc3)c2CC1)N1CCN(C)CC1. The van der Waals surface area contributed by atoms with Crippen molar-refractivity contribution in [2.24, 2.45) is 7.05 Å². The molecule has 150 valence electrons. The fraction of sp³-hybridized carbons (Fsp3) is 0.545. The fourth-order valence-electron chi connectivity index (χ4n) is 4.49. The summed E-state index contributed by atoms with van der Waals surface area (Å²) in [7, 11) is 4.17. The summed E-state index contributed by atoms with van der Waals surface area (Å²) in [5.74, 6) is 0.264. The lowest BCUT2D eigenvalue weighted by Crippen LogP contribution is -2.54. The van der Waals surface area contributed by atoms with Gasteiger partial charge >= 0.3 is 0 Å². The van der Waals surface area contributed by atoms with Gasteiger partial charge in [0.1, 0.15) is 0 Å². The van der Waals surface area contributed by atoms with E-state index in [0.29, 0.717) is 0 Å². The van der Waals surface area contributed by atoms with Crippen LogP contribution < -0.4 is 0 Å². The third kappa shape index (κ3) is 3.71. The molecule has 3 heterocycles. The van der Waals surface area contributed by atoms with Crippen LogP contribution in [-0.2, 0) is 24.7 Å². The van der Waals surface area contributed by atoms with Crippen LogP contribution in [0.2, 0.25) is 0 Å². The molecule has 0 saturated carbocycles. The van der Waals surface area contributed by atoms with Crippen LogP contribution in [0, 0.1) is 0 Å². The molecule has 2 aliphatic rings. The molecule has 4 rings (SSSR count). The van der Waals surface area contributed by atoms with Crippen molar-refractivity contribution < 1.29 is 4.79 Å². The van der Waals surface area contributed by atoms with E-state index in [1.165, 1.54) is 16.8 Å². The summed E-state index contributed by atoms with van der Waals surface area (Å²) in [6.07, 6.45) is 1.70. The van der Waals surface area contributed by atoms with Gasteiger partial charge < -0.3 is 9.80 Å². The number of hydrogen-bond acceptors (Lipinski definition) is 4. The largest absolute Gasteiger partial charge is 0.341 e.